The lowest BCUT2D eigenvalue weighted by atomic mass is 10.1. The minimum absolute atomic E-state index is 0.0139. The van der Waals surface area contributed by atoms with Crippen molar-refractivity contribution in [3.63, 3.8) is 0 Å². The molecular formula is C23H30F2N4O5S. The van der Waals surface area contributed by atoms with Gasteiger partial charge in [-0.15, -0.1) is 0 Å². The lowest BCUT2D eigenvalue weighted by molar-refractivity contribution is 0.0693. The average molecular weight is 513 g/mol. The van der Waals surface area contributed by atoms with Gasteiger partial charge in [0, 0.05) is 25.3 Å². The van der Waals surface area contributed by atoms with Crippen LogP contribution in [0.25, 0.3) is 0 Å². The van der Waals surface area contributed by atoms with E-state index >= 15 is 0 Å². The van der Waals surface area contributed by atoms with Crippen molar-refractivity contribution in [3.8, 4) is 5.88 Å². The van der Waals surface area contributed by atoms with E-state index in [1.54, 1.807) is 7.11 Å². The molecule has 2 heterocycles. The maximum atomic E-state index is 14.0. The molecule has 1 aliphatic rings. The Hall–Kier alpha value is -2.83. The molecule has 12 heteroatoms. The van der Waals surface area contributed by atoms with Crippen LogP contribution < -0.4 is 15.4 Å². The highest BCUT2D eigenvalue weighted by Crippen LogP contribution is 2.31. The van der Waals surface area contributed by atoms with Gasteiger partial charge < -0.3 is 19.9 Å². The maximum Gasteiger partial charge on any atom is 0.344 e. The third-order valence-electron chi connectivity index (χ3n) is 5.81. The summed E-state index contributed by atoms with van der Waals surface area (Å²) in [5.41, 5.74) is -0.279. The number of likely N-dealkylation sites (tertiary alicyclic amines) is 1. The Morgan fingerprint density at radius 3 is 2.83 bits per heavy atom. The summed E-state index contributed by atoms with van der Waals surface area (Å²) in [4.78, 5) is 26.4. The zero-order valence-corrected chi connectivity index (χ0v) is 20.6. The molecule has 3 rings (SSSR count). The van der Waals surface area contributed by atoms with Gasteiger partial charge in [-0.1, -0.05) is 0 Å². The lowest BCUT2D eigenvalue weighted by Crippen LogP contribution is -2.34. The van der Waals surface area contributed by atoms with Gasteiger partial charge in [-0.25, -0.2) is 18.4 Å². The number of rotatable bonds is 12. The number of halogens is 2. The third kappa shape index (κ3) is 7.33. The first-order valence-corrected chi connectivity index (χ1v) is 12.2. The molecule has 0 aliphatic carbocycles. The van der Waals surface area contributed by atoms with Gasteiger partial charge in [0.25, 0.3) is 0 Å². The Bertz CT molecular complexity index is 1040. The average Bonchev–Trinajstić information content (AvgIpc) is 3.42. The highest BCUT2D eigenvalue weighted by molar-refractivity contribution is 7.11. The summed E-state index contributed by atoms with van der Waals surface area (Å²) >= 11 is 0.729. The first kappa shape index (κ1) is 26.8. The predicted octanol–water partition coefficient (Wildman–Crippen LogP) is 4.02. The molecule has 1 unspecified atom stereocenters. The molecule has 1 aromatic carbocycles. The molecular weight excluding hydrogens is 482 g/mol. The van der Waals surface area contributed by atoms with Gasteiger partial charge in [-0.05, 0) is 74.9 Å². The predicted molar refractivity (Wildman–Crippen MR) is 127 cm³/mol. The minimum Gasteiger partial charge on any atom is -0.477 e. The molecule has 9 nitrogen and oxygen atoms in total. The second kappa shape index (κ2) is 12.8. The van der Waals surface area contributed by atoms with Gasteiger partial charge >= 0.3 is 12.0 Å². The maximum absolute atomic E-state index is 14.0. The van der Waals surface area contributed by atoms with Crippen LogP contribution in [-0.2, 0) is 11.3 Å². The van der Waals surface area contributed by atoms with E-state index in [0.29, 0.717) is 12.6 Å². The number of benzene rings is 1. The van der Waals surface area contributed by atoms with Crippen LogP contribution in [-0.4, -0.2) is 65.8 Å². The number of ether oxygens (including phenoxy) is 2. The number of aryl methyl sites for hydroxylation is 1. The molecule has 2 amide bonds. The van der Waals surface area contributed by atoms with Crippen LogP contribution in [0.5, 0.6) is 5.88 Å². The summed E-state index contributed by atoms with van der Waals surface area (Å²) in [5.74, 6) is -2.92. The van der Waals surface area contributed by atoms with Crippen molar-refractivity contribution in [2.24, 2.45) is 0 Å². The number of urea groups is 1. The number of hydrogen-bond acceptors (Lipinski definition) is 7. The number of carbonyl (C=O) groups is 2. The fourth-order valence-corrected chi connectivity index (χ4v) is 4.67. The number of nitrogens with zero attached hydrogens (tertiary/aromatic N) is 2. The molecule has 2 aromatic rings. The van der Waals surface area contributed by atoms with E-state index in [4.69, 9.17) is 9.47 Å². The van der Waals surface area contributed by atoms with Gasteiger partial charge in [0.2, 0.25) is 5.88 Å². The van der Waals surface area contributed by atoms with Gasteiger partial charge in [-0.2, -0.15) is 4.37 Å². The van der Waals surface area contributed by atoms with E-state index in [1.807, 2.05) is 0 Å². The van der Waals surface area contributed by atoms with Crippen molar-refractivity contribution in [1.82, 2.24) is 14.6 Å². The molecule has 35 heavy (non-hydrogen) atoms. The number of carboxylic acid groups (broad SMARTS) is 1. The summed E-state index contributed by atoms with van der Waals surface area (Å²) in [6.07, 6.45) is 3.98. The molecule has 3 N–H and O–H groups in total. The van der Waals surface area contributed by atoms with Gasteiger partial charge in [0.05, 0.1) is 6.61 Å². The second-order valence-electron chi connectivity index (χ2n) is 8.35. The molecule has 0 radical (unpaired) electrons. The van der Waals surface area contributed by atoms with Crippen molar-refractivity contribution in [1.29, 1.82) is 0 Å². The highest BCUT2D eigenvalue weighted by atomic mass is 32.1. The normalized spacial score (nSPS) is 15.8. The Morgan fingerprint density at radius 2 is 2.09 bits per heavy atom. The van der Waals surface area contributed by atoms with Crippen LogP contribution in [0, 0.1) is 18.6 Å². The number of methoxy groups -OCH3 is 1. The second-order valence-corrected chi connectivity index (χ2v) is 9.13. The minimum atomic E-state index is -1.36. The van der Waals surface area contributed by atoms with E-state index in [0.717, 1.165) is 69.0 Å². The Labute approximate surface area is 206 Å². The molecule has 0 bridgehead atoms. The number of aromatic carboxylic acids is 1. The van der Waals surface area contributed by atoms with Crippen molar-refractivity contribution in [3.05, 3.63) is 40.5 Å². The Kier molecular flexibility index (Phi) is 9.75. The Morgan fingerprint density at radius 1 is 1.29 bits per heavy atom. The van der Waals surface area contributed by atoms with Crippen LogP contribution in [0.15, 0.2) is 12.1 Å². The van der Waals surface area contributed by atoms with E-state index in [2.05, 4.69) is 19.9 Å². The molecule has 0 saturated carbocycles. The first-order valence-electron chi connectivity index (χ1n) is 11.4. The number of carboxylic acids is 1. The van der Waals surface area contributed by atoms with Crippen LogP contribution >= 0.6 is 11.5 Å². The van der Waals surface area contributed by atoms with Gasteiger partial charge in [0.15, 0.2) is 5.56 Å². The summed E-state index contributed by atoms with van der Waals surface area (Å²) in [6, 6.07) is 1.92. The monoisotopic (exact) mass is 512 g/mol. The molecule has 1 aliphatic heterocycles. The number of nitrogens with one attached hydrogen (secondary N) is 2. The quantitative estimate of drug-likeness (QED) is 0.368. The summed E-state index contributed by atoms with van der Waals surface area (Å²) in [7, 11) is 1.71. The topological polar surface area (TPSA) is 113 Å². The van der Waals surface area contributed by atoms with Crippen LogP contribution in [0.4, 0.5) is 18.6 Å². The number of unbranched alkanes of at least 4 members (excludes halogenated alkanes) is 1. The first-order chi connectivity index (χ1) is 16.8. The standard InChI is InChI=1S/C23H30F2N4O5S/c1-14-10-18(25)15(11-17(14)24)12-34-20-19(22(30)31)21(35-28-20)27-23(32)26-7-3-4-8-29-9-5-6-16(29)13-33-2/h10-11,16H,3-9,12-13H2,1-2H3,(H,30,31)(H2,26,27,32). The zero-order chi connectivity index (χ0) is 25.4. The smallest absolute Gasteiger partial charge is 0.344 e. The lowest BCUT2D eigenvalue weighted by Gasteiger charge is -2.23. The van der Waals surface area contributed by atoms with Gasteiger partial charge in [0.1, 0.15) is 23.2 Å². The van der Waals surface area contributed by atoms with Crippen LogP contribution in [0.1, 0.15) is 47.2 Å². The van der Waals surface area contributed by atoms with Crippen LogP contribution in [0.2, 0.25) is 0 Å². The van der Waals surface area contributed by atoms with E-state index in [1.165, 1.54) is 6.92 Å². The number of amides is 2. The molecule has 192 valence electrons. The fraction of sp³-hybridized carbons (Fsp3) is 0.522. The highest BCUT2D eigenvalue weighted by Gasteiger charge is 2.25. The Balaban J connectivity index is 1.48. The van der Waals surface area contributed by atoms with Crippen molar-refractivity contribution in [2.45, 2.75) is 45.3 Å². The van der Waals surface area contributed by atoms with Crippen molar-refractivity contribution >= 4 is 28.5 Å². The number of carbonyl (C=O) groups excluding carboxylic acids is 1. The molecule has 1 saturated heterocycles. The van der Waals surface area contributed by atoms with E-state index in [9.17, 15) is 23.5 Å². The number of anilines is 1. The summed E-state index contributed by atoms with van der Waals surface area (Å²) < 4.78 is 42.3. The molecule has 1 atom stereocenters. The number of aromatic nitrogens is 1. The largest absolute Gasteiger partial charge is 0.477 e. The van der Waals surface area contributed by atoms with Crippen LogP contribution in [0.3, 0.4) is 0 Å². The molecule has 0 spiro atoms. The van der Waals surface area contributed by atoms with E-state index < -0.39 is 30.2 Å². The third-order valence-corrected chi connectivity index (χ3v) is 6.56. The summed E-state index contributed by atoms with van der Waals surface area (Å²) in [6.45, 7) is 4.16. The SMILES string of the molecule is COCC1CCCN1CCCCNC(=O)Nc1snc(OCc2cc(F)c(C)cc2F)c1C(=O)O. The van der Waals surface area contributed by atoms with Crippen molar-refractivity contribution < 1.29 is 33.0 Å². The molecule has 1 fully saturated rings. The molecule has 1 aromatic heterocycles. The fourth-order valence-electron chi connectivity index (χ4n) is 3.95. The van der Waals surface area contributed by atoms with Crippen molar-refractivity contribution in [2.75, 3.05) is 38.7 Å². The summed E-state index contributed by atoms with van der Waals surface area (Å²) in [5, 5.41) is 14.7. The van der Waals surface area contributed by atoms with E-state index in [-0.39, 0.29) is 27.6 Å². The van der Waals surface area contributed by atoms with Gasteiger partial charge in [-0.3, -0.25) is 10.2 Å². The number of hydrogen-bond donors (Lipinski definition) is 3. The zero-order valence-electron chi connectivity index (χ0n) is 19.7.